The summed E-state index contributed by atoms with van der Waals surface area (Å²) in [6, 6.07) is 20.0. The van der Waals surface area contributed by atoms with Crippen molar-refractivity contribution in [2.45, 2.75) is 0 Å². The predicted molar refractivity (Wildman–Crippen MR) is 110 cm³/mol. The van der Waals surface area contributed by atoms with Crippen molar-refractivity contribution in [1.29, 1.82) is 0 Å². The van der Waals surface area contributed by atoms with E-state index in [4.69, 9.17) is 37.1 Å². The Balaban J connectivity index is 1.67. The van der Waals surface area contributed by atoms with Gasteiger partial charge in [0.1, 0.15) is 22.6 Å². The number of ether oxygens (including phenoxy) is 2. The molecule has 0 saturated carbocycles. The molecule has 0 aliphatic rings. The van der Waals surface area contributed by atoms with Crippen molar-refractivity contribution in [1.82, 2.24) is 0 Å². The molecule has 1 aromatic heterocycles. The SMILES string of the molecule is O=C(Oc1cc(Cl)ccc1Cl)c1cc2cc(Oc3ccccc3)ccc2oc1=O. The number of rotatable bonds is 4. The second-order valence-electron chi connectivity index (χ2n) is 6.03. The van der Waals surface area contributed by atoms with Crippen LogP contribution in [-0.2, 0) is 0 Å². The lowest BCUT2D eigenvalue weighted by atomic mass is 10.2. The number of hydrogen-bond acceptors (Lipinski definition) is 5. The van der Waals surface area contributed by atoms with Gasteiger partial charge in [0.2, 0.25) is 0 Å². The second kappa shape index (κ2) is 7.99. The van der Waals surface area contributed by atoms with Crippen molar-refractivity contribution in [3.05, 3.63) is 98.8 Å². The summed E-state index contributed by atoms with van der Waals surface area (Å²) < 4.78 is 16.2. The van der Waals surface area contributed by atoms with Crippen molar-refractivity contribution in [3.8, 4) is 17.2 Å². The van der Waals surface area contributed by atoms with Crippen LogP contribution >= 0.6 is 23.2 Å². The lowest BCUT2D eigenvalue weighted by Gasteiger charge is -2.08. The number of halogens is 2. The van der Waals surface area contributed by atoms with Crippen LogP contribution in [0.15, 0.2) is 82.0 Å². The number of benzene rings is 3. The van der Waals surface area contributed by atoms with Crippen LogP contribution in [0.25, 0.3) is 11.0 Å². The first-order valence-electron chi connectivity index (χ1n) is 8.48. The average Bonchev–Trinajstić information content (AvgIpc) is 2.71. The van der Waals surface area contributed by atoms with Crippen LogP contribution in [0.3, 0.4) is 0 Å². The molecule has 0 spiro atoms. The van der Waals surface area contributed by atoms with Gasteiger partial charge in [-0.15, -0.1) is 0 Å². The van der Waals surface area contributed by atoms with E-state index in [0.717, 1.165) is 0 Å². The van der Waals surface area contributed by atoms with Crippen LogP contribution in [0.2, 0.25) is 10.0 Å². The fraction of sp³-hybridized carbons (Fsp3) is 0. The molecule has 0 radical (unpaired) electrons. The summed E-state index contributed by atoms with van der Waals surface area (Å²) in [5.74, 6) is 0.318. The zero-order valence-corrected chi connectivity index (χ0v) is 16.2. The fourth-order valence-electron chi connectivity index (χ4n) is 2.64. The molecule has 0 fully saturated rings. The molecule has 0 saturated heterocycles. The molecule has 0 aliphatic carbocycles. The smallest absolute Gasteiger partial charge is 0.351 e. The molecule has 5 nitrogen and oxygen atoms in total. The molecule has 0 bridgehead atoms. The van der Waals surface area contributed by atoms with Gasteiger partial charge >= 0.3 is 11.6 Å². The molecule has 0 amide bonds. The van der Waals surface area contributed by atoms with E-state index in [-0.39, 0.29) is 16.3 Å². The van der Waals surface area contributed by atoms with E-state index in [1.807, 2.05) is 30.3 Å². The summed E-state index contributed by atoms with van der Waals surface area (Å²) in [6.07, 6.45) is 0. The molecule has 144 valence electrons. The zero-order chi connectivity index (χ0) is 20.4. The van der Waals surface area contributed by atoms with E-state index >= 15 is 0 Å². The van der Waals surface area contributed by atoms with Gasteiger partial charge in [-0.25, -0.2) is 9.59 Å². The van der Waals surface area contributed by atoms with E-state index in [2.05, 4.69) is 0 Å². The van der Waals surface area contributed by atoms with Crippen molar-refractivity contribution in [2.24, 2.45) is 0 Å². The molecule has 4 rings (SSSR count). The molecule has 4 aromatic rings. The topological polar surface area (TPSA) is 65.7 Å². The first-order valence-corrected chi connectivity index (χ1v) is 9.23. The quantitative estimate of drug-likeness (QED) is 0.223. The minimum absolute atomic E-state index is 0.0461. The molecule has 0 unspecified atom stereocenters. The molecular weight excluding hydrogens is 415 g/mol. The lowest BCUT2D eigenvalue weighted by Crippen LogP contribution is -2.18. The third-order valence-electron chi connectivity index (χ3n) is 4.00. The Morgan fingerprint density at radius 3 is 2.45 bits per heavy atom. The van der Waals surface area contributed by atoms with Gasteiger partial charge in [0.15, 0.2) is 5.75 Å². The van der Waals surface area contributed by atoms with Gasteiger partial charge < -0.3 is 13.9 Å². The van der Waals surface area contributed by atoms with E-state index in [1.165, 1.54) is 18.2 Å². The van der Waals surface area contributed by atoms with Crippen molar-refractivity contribution < 1.29 is 18.7 Å². The Morgan fingerprint density at radius 2 is 1.66 bits per heavy atom. The predicted octanol–water partition coefficient (Wildman–Crippen LogP) is 6.11. The summed E-state index contributed by atoms with van der Waals surface area (Å²) in [5, 5.41) is 1.03. The highest BCUT2D eigenvalue weighted by atomic mass is 35.5. The van der Waals surface area contributed by atoms with Gasteiger partial charge in [0.25, 0.3) is 0 Å². The van der Waals surface area contributed by atoms with E-state index in [0.29, 0.717) is 27.5 Å². The molecule has 0 aliphatic heterocycles. The van der Waals surface area contributed by atoms with Gasteiger partial charge in [-0.05, 0) is 48.5 Å². The second-order valence-corrected chi connectivity index (χ2v) is 6.87. The monoisotopic (exact) mass is 426 g/mol. The molecule has 29 heavy (non-hydrogen) atoms. The van der Waals surface area contributed by atoms with Crippen LogP contribution in [-0.4, -0.2) is 5.97 Å². The Kier molecular flexibility index (Phi) is 5.25. The number of para-hydroxylation sites is 1. The van der Waals surface area contributed by atoms with Crippen molar-refractivity contribution in [3.63, 3.8) is 0 Å². The summed E-state index contributed by atoms with van der Waals surface area (Å²) >= 11 is 11.9. The van der Waals surface area contributed by atoms with Crippen molar-refractivity contribution in [2.75, 3.05) is 0 Å². The molecule has 3 aromatic carbocycles. The highest BCUT2D eigenvalue weighted by Gasteiger charge is 2.18. The first kappa shape index (κ1) is 19.1. The van der Waals surface area contributed by atoms with E-state index in [9.17, 15) is 9.59 Å². The molecule has 0 atom stereocenters. The Hall–Kier alpha value is -3.28. The van der Waals surface area contributed by atoms with Gasteiger partial charge in [0.05, 0.1) is 5.02 Å². The summed E-state index contributed by atoms with van der Waals surface area (Å²) in [4.78, 5) is 24.7. The standard InChI is InChI=1S/C22H12Cl2O5/c23-14-6-8-18(24)20(12-14)29-22(26)17-11-13-10-16(7-9-19(13)28-21(17)25)27-15-4-2-1-3-5-15/h1-12H. The summed E-state index contributed by atoms with van der Waals surface area (Å²) in [7, 11) is 0. The van der Waals surface area contributed by atoms with Crippen LogP contribution < -0.4 is 15.1 Å². The molecule has 1 heterocycles. The number of carbonyl (C=O) groups is 1. The van der Waals surface area contributed by atoms with Gasteiger partial charge in [0, 0.05) is 16.5 Å². The Labute approximate surface area is 175 Å². The van der Waals surface area contributed by atoms with Gasteiger partial charge in [-0.2, -0.15) is 0 Å². The number of fused-ring (bicyclic) bond motifs is 1. The van der Waals surface area contributed by atoms with Gasteiger partial charge in [-0.3, -0.25) is 0 Å². The number of hydrogen-bond donors (Lipinski definition) is 0. The maximum atomic E-state index is 12.5. The number of carbonyl (C=O) groups excluding carboxylic acids is 1. The maximum absolute atomic E-state index is 12.5. The van der Waals surface area contributed by atoms with Crippen LogP contribution in [0.1, 0.15) is 10.4 Å². The van der Waals surface area contributed by atoms with Gasteiger partial charge in [-0.1, -0.05) is 41.4 Å². The van der Waals surface area contributed by atoms with E-state index < -0.39 is 11.6 Å². The fourth-order valence-corrected chi connectivity index (χ4v) is 2.96. The summed E-state index contributed by atoms with van der Waals surface area (Å²) in [5.41, 5.74) is -0.782. The van der Waals surface area contributed by atoms with E-state index in [1.54, 1.807) is 24.3 Å². The molecule has 0 N–H and O–H groups in total. The third-order valence-corrected chi connectivity index (χ3v) is 4.55. The molecule has 7 heteroatoms. The summed E-state index contributed by atoms with van der Waals surface area (Å²) in [6.45, 7) is 0. The lowest BCUT2D eigenvalue weighted by molar-refractivity contribution is 0.0730. The normalized spacial score (nSPS) is 10.7. The van der Waals surface area contributed by atoms with Crippen LogP contribution in [0.5, 0.6) is 17.2 Å². The van der Waals surface area contributed by atoms with Crippen molar-refractivity contribution >= 4 is 40.1 Å². The average molecular weight is 427 g/mol. The highest BCUT2D eigenvalue weighted by Crippen LogP contribution is 2.29. The highest BCUT2D eigenvalue weighted by molar-refractivity contribution is 6.34. The minimum Gasteiger partial charge on any atom is -0.457 e. The first-order chi connectivity index (χ1) is 14.0. The maximum Gasteiger partial charge on any atom is 0.351 e. The Bertz CT molecular complexity index is 1270. The number of esters is 1. The minimum atomic E-state index is -0.904. The van der Waals surface area contributed by atoms with Crippen LogP contribution in [0, 0.1) is 0 Å². The largest absolute Gasteiger partial charge is 0.457 e. The Morgan fingerprint density at radius 1 is 0.862 bits per heavy atom. The molecular formula is C22H12Cl2O5. The zero-order valence-electron chi connectivity index (χ0n) is 14.7. The van der Waals surface area contributed by atoms with Crippen LogP contribution in [0.4, 0.5) is 0 Å². The third kappa shape index (κ3) is 4.26.